The minimum absolute atomic E-state index is 0.0116. The molecule has 1 saturated heterocycles. The second-order valence-corrected chi connectivity index (χ2v) is 7.56. The predicted molar refractivity (Wildman–Crippen MR) is 104 cm³/mol. The lowest BCUT2D eigenvalue weighted by molar-refractivity contribution is -0.137. The van der Waals surface area contributed by atoms with Crippen LogP contribution < -0.4 is 4.90 Å². The van der Waals surface area contributed by atoms with Crippen molar-refractivity contribution in [3.8, 4) is 0 Å². The summed E-state index contributed by atoms with van der Waals surface area (Å²) in [5.41, 5.74) is 0.651. The molecule has 1 aliphatic carbocycles. The average molecular weight is 418 g/mol. The number of cyclic esters (lactones) is 1. The highest BCUT2D eigenvalue weighted by molar-refractivity contribution is 5.97. The molecule has 0 bridgehead atoms. The maximum Gasteiger partial charge on any atom is 0.416 e. The van der Waals surface area contributed by atoms with E-state index in [1.54, 1.807) is 42.2 Å². The van der Waals surface area contributed by atoms with Gasteiger partial charge in [0.15, 0.2) is 0 Å². The number of nitrogens with zero attached hydrogens (tertiary/aromatic N) is 2. The molecule has 2 fully saturated rings. The van der Waals surface area contributed by atoms with Crippen LogP contribution in [0.5, 0.6) is 0 Å². The van der Waals surface area contributed by atoms with E-state index in [4.69, 9.17) is 4.74 Å². The highest BCUT2D eigenvalue weighted by atomic mass is 19.4. The van der Waals surface area contributed by atoms with Gasteiger partial charge in [-0.15, -0.1) is 0 Å². The Morgan fingerprint density at radius 3 is 2.53 bits per heavy atom. The van der Waals surface area contributed by atoms with Crippen LogP contribution in [0.4, 0.5) is 23.7 Å². The van der Waals surface area contributed by atoms with E-state index in [2.05, 4.69) is 0 Å². The van der Waals surface area contributed by atoms with Crippen LogP contribution in [0.1, 0.15) is 47.3 Å². The van der Waals surface area contributed by atoms with E-state index in [0.717, 1.165) is 25.0 Å². The fourth-order valence-electron chi connectivity index (χ4n) is 3.73. The number of carbonyl (C=O) groups is 2. The van der Waals surface area contributed by atoms with E-state index >= 15 is 0 Å². The van der Waals surface area contributed by atoms with Crippen LogP contribution in [0.2, 0.25) is 0 Å². The number of amides is 2. The molecule has 158 valence electrons. The van der Waals surface area contributed by atoms with Gasteiger partial charge in [-0.25, -0.2) is 4.79 Å². The van der Waals surface area contributed by atoms with Gasteiger partial charge in [0.2, 0.25) is 0 Å². The Hall–Kier alpha value is -3.03. The summed E-state index contributed by atoms with van der Waals surface area (Å²) < 4.78 is 44.3. The molecule has 2 aromatic rings. The first-order valence-electron chi connectivity index (χ1n) is 9.80. The quantitative estimate of drug-likeness (QED) is 0.685. The first-order valence-corrected chi connectivity index (χ1v) is 9.80. The van der Waals surface area contributed by atoms with Gasteiger partial charge < -0.3 is 9.64 Å². The van der Waals surface area contributed by atoms with Gasteiger partial charge in [0.05, 0.1) is 18.2 Å². The second kappa shape index (κ2) is 7.66. The highest BCUT2D eigenvalue weighted by Gasteiger charge is 2.38. The molecule has 4 rings (SSSR count). The van der Waals surface area contributed by atoms with Crippen molar-refractivity contribution in [3.63, 3.8) is 0 Å². The highest BCUT2D eigenvalue weighted by Crippen LogP contribution is 2.38. The number of anilines is 1. The van der Waals surface area contributed by atoms with Crippen LogP contribution >= 0.6 is 0 Å². The number of alkyl halides is 3. The van der Waals surface area contributed by atoms with E-state index in [0.29, 0.717) is 23.4 Å². The van der Waals surface area contributed by atoms with Crippen LogP contribution in [-0.2, 0) is 10.9 Å². The third-order valence-electron chi connectivity index (χ3n) is 5.45. The van der Waals surface area contributed by atoms with E-state index in [9.17, 15) is 22.8 Å². The first kappa shape index (κ1) is 20.3. The molecule has 1 aliphatic heterocycles. The molecule has 1 atom stereocenters. The smallest absolute Gasteiger partial charge is 0.416 e. The Kier molecular flexibility index (Phi) is 5.17. The largest absolute Gasteiger partial charge is 0.447 e. The van der Waals surface area contributed by atoms with Gasteiger partial charge >= 0.3 is 12.3 Å². The predicted octanol–water partition coefficient (Wildman–Crippen LogP) is 5.03. The minimum atomic E-state index is -4.44. The monoisotopic (exact) mass is 418 g/mol. The summed E-state index contributed by atoms with van der Waals surface area (Å²) in [6, 6.07) is 11.3. The Labute approximate surface area is 172 Å². The number of hydrogen-bond acceptors (Lipinski definition) is 3. The molecule has 1 unspecified atom stereocenters. The molecule has 1 heterocycles. The fraction of sp³-hybridized carbons (Fsp3) is 0.364. The van der Waals surface area contributed by atoms with Gasteiger partial charge in [-0.3, -0.25) is 9.69 Å². The zero-order valence-electron chi connectivity index (χ0n) is 16.4. The van der Waals surface area contributed by atoms with Crippen molar-refractivity contribution < 1.29 is 27.5 Å². The third-order valence-corrected chi connectivity index (χ3v) is 5.45. The summed E-state index contributed by atoms with van der Waals surface area (Å²) in [5, 5.41) is 0. The Bertz CT molecular complexity index is 972. The van der Waals surface area contributed by atoms with Gasteiger partial charge in [-0.05, 0) is 55.7 Å². The number of benzene rings is 2. The summed E-state index contributed by atoms with van der Waals surface area (Å²) in [5.74, 6) is -0.267. The summed E-state index contributed by atoms with van der Waals surface area (Å²) in [6.45, 7) is 2.44. The van der Waals surface area contributed by atoms with Gasteiger partial charge in [0.25, 0.3) is 5.91 Å². The molecule has 0 N–H and O–H groups in total. The molecule has 8 heteroatoms. The van der Waals surface area contributed by atoms with Crippen molar-refractivity contribution in [2.45, 2.75) is 38.0 Å². The van der Waals surface area contributed by atoms with E-state index in [-0.39, 0.29) is 18.6 Å². The minimum Gasteiger partial charge on any atom is -0.447 e. The van der Waals surface area contributed by atoms with Gasteiger partial charge in [-0.2, -0.15) is 13.2 Å². The summed E-state index contributed by atoms with van der Waals surface area (Å²) in [7, 11) is 0. The van der Waals surface area contributed by atoms with E-state index < -0.39 is 23.9 Å². The Balaban J connectivity index is 1.62. The van der Waals surface area contributed by atoms with Crippen molar-refractivity contribution in [3.05, 3.63) is 65.2 Å². The van der Waals surface area contributed by atoms with Gasteiger partial charge in [0.1, 0.15) is 6.61 Å². The third kappa shape index (κ3) is 3.99. The summed E-state index contributed by atoms with van der Waals surface area (Å²) >= 11 is 0. The molecule has 30 heavy (non-hydrogen) atoms. The van der Waals surface area contributed by atoms with Gasteiger partial charge in [-0.1, -0.05) is 18.2 Å². The Morgan fingerprint density at radius 1 is 1.17 bits per heavy atom. The van der Waals surface area contributed by atoms with Crippen LogP contribution in [0.25, 0.3) is 0 Å². The first-order chi connectivity index (χ1) is 14.3. The molecule has 0 aromatic heterocycles. The molecule has 2 amide bonds. The molecule has 2 aromatic carbocycles. The van der Waals surface area contributed by atoms with Crippen molar-refractivity contribution in [1.29, 1.82) is 0 Å². The number of rotatable bonds is 5. The molecule has 0 radical (unpaired) electrons. The molecule has 0 spiro atoms. The van der Waals surface area contributed by atoms with Crippen LogP contribution in [0.3, 0.4) is 0 Å². The lowest BCUT2D eigenvalue weighted by atomic mass is 10.0. The number of halogens is 3. The summed E-state index contributed by atoms with van der Waals surface area (Å²) in [4.78, 5) is 28.3. The lowest BCUT2D eigenvalue weighted by Crippen LogP contribution is -2.36. The van der Waals surface area contributed by atoms with Crippen molar-refractivity contribution in [2.75, 3.05) is 18.1 Å². The topological polar surface area (TPSA) is 49.9 Å². The summed E-state index contributed by atoms with van der Waals surface area (Å²) in [6.07, 6.45) is -3.28. The molecular weight excluding hydrogens is 397 g/mol. The molecule has 1 saturated carbocycles. The van der Waals surface area contributed by atoms with Crippen LogP contribution in [-0.4, -0.2) is 36.1 Å². The fourth-order valence-corrected chi connectivity index (χ4v) is 3.73. The zero-order chi connectivity index (χ0) is 21.5. The second-order valence-electron chi connectivity index (χ2n) is 7.56. The molecule has 5 nitrogen and oxygen atoms in total. The van der Waals surface area contributed by atoms with Crippen LogP contribution in [0.15, 0.2) is 48.5 Å². The standard InChI is InChI=1S/C22H21F3N2O3/c1-14(15-4-2-6-17(12-15)22(23,24)25)27(18-8-9-18)20(28)16-5-3-7-19(13-16)26-10-11-30-21(26)29/h2-7,12-14,18H,8-11H2,1H3. The SMILES string of the molecule is CC(c1cccc(C(F)(F)F)c1)N(C(=O)c1cccc(N2CCOC2=O)c1)C1CC1. The number of carbonyl (C=O) groups excluding carboxylic acids is 2. The van der Waals surface area contributed by atoms with Crippen molar-refractivity contribution in [1.82, 2.24) is 4.90 Å². The maximum atomic E-state index is 13.3. The number of ether oxygens (including phenoxy) is 1. The van der Waals surface area contributed by atoms with Crippen LogP contribution in [0, 0.1) is 0 Å². The number of hydrogen-bond donors (Lipinski definition) is 0. The molecular formula is C22H21F3N2O3. The Morgan fingerprint density at radius 2 is 1.90 bits per heavy atom. The van der Waals surface area contributed by atoms with Gasteiger partial charge in [0, 0.05) is 17.3 Å². The lowest BCUT2D eigenvalue weighted by Gasteiger charge is -2.30. The van der Waals surface area contributed by atoms with Crippen molar-refractivity contribution in [2.24, 2.45) is 0 Å². The maximum absolute atomic E-state index is 13.3. The zero-order valence-corrected chi connectivity index (χ0v) is 16.4. The average Bonchev–Trinajstić information content (AvgIpc) is 3.46. The van der Waals surface area contributed by atoms with Crippen molar-refractivity contribution >= 4 is 17.7 Å². The van der Waals surface area contributed by atoms with E-state index in [1.165, 1.54) is 11.0 Å². The normalized spacial score (nSPS) is 17.6. The molecule has 2 aliphatic rings. The van der Waals surface area contributed by atoms with E-state index in [1.807, 2.05) is 0 Å².